The van der Waals surface area contributed by atoms with Crippen molar-refractivity contribution in [2.75, 3.05) is 39.6 Å². The minimum absolute atomic E-state index is 0.0135. The molecule has 3 aromatic rings. The summed E-state index contributed by atoms with van der Waals surface area (Å²) in [6, 6.07) is 12.8. The molecule has 41 heavy (non-hydrogen) atoms. The number of amides is 1. The molecule has 0 aliphatic heterocycles. The number of aryl methyl sites for hydroxylation is 2. The number of ether oxygens (including phenoxy) is 1. The summed E-state index contributed by atoms with van der Waals surface area (Å²) < 4.78 is 45.1. The van der Waals surface area contributed by atoms with Crippen molar-refractivity contribution in [1.82, 2.24) is 14.2 Å². The normalized spacial score (nSPS) is 12.4. The summed E-state index contributed by atoms with van der Waals surface area (Å²) in [5.74, 6) is -1.89. The summed E-state index contributed by atoms with van der Waals surface area (Å²) in [5.41, 5.74) is 0.847. The van der Waals surface area contributed by atoms with Crippen LogP contribution in [0.2, 0.25) is 0 Å². The van der Waals surface area contributed by atoms with E-state index in [0.717, 1.165) is 15.6 Å². The topological polar surface area (TPSA) is 137 Å². The van der Waals surface area contributed by atoms with Gasteiger partial charge >= 0.3 is 0 Å². The number of nitrogens with zero attached hydrogens (tertiary/aromatic N) is 3. The smallest absolute Gasteiger partial charge is 0.256 e. The third-order valence-corrected chi connectivity index (χ3v) is 9.16. The van der Waals surface area contributed by atoms with Crippen LogP contribution in [-0.2, 0) is 27.8 Å². The van der Waals surface area contributed by atoms with E-state index in [1.165, 1.54) is 25.1 Å². The van der Waals surface area contributed by atoms with Crippen molar-refractivity contribution in [2.45, 2.75) is 32.4 Å². The number of sulfonamides is 1. The lowest BCUT2D eigenvalue weighted by atomic mass is 10.1. The van der Waals surface area contributed by atoms with Gasteiger partial charge in [0.05, 0.1) is 20.3 Å². The van der Waals surface area contributed by atoms with Crippen molar-refractivity contribution in [3.63, 3.8) is 0 Å². The van der Waals surface area contributed by atoms with Crippen LogP contribution in [0.4, 0.5) is 4.39 Å². The highest BCUT2D eigenvalue weighted by Gasteiger charge is 2.28. The van der Waals surface area contributed by atoms with Crippen LogP contribution in [0.25, 0.3) is 0 Å². The van der Waals surface area contributed by atoms with Crippen molar-refractivity contribution in [3.8, 4) is 5.75 Å². The number of thiazole rings is 1. The first-order chi connectivity index (χ1) is 19.5. The maximum atomic E-state index is 14.1. The molecular weight excluding hydrogens is 573 g/mol. The summed E-state index contributed by atoms with van der Waals surface area (Å²) >= 11 is 1.15. The van der Waals surface area contributed by atoms with E-state index in [9.17, 15) is 27.5 Å². The lowest BCUT2D eigenvalue weighted by Gasteiger charge is -2.25. The van der Waals surface area contributed by atoms with E-state index in [-0.39, 0.29) is 37.8 Å². The molecule has 222 valence electrons. The molecule has 2 aromatic carbocycles. The summed E-state index contributed by atoms with van der Waals surface area (Å²) in [7, 11) is -1.17. The number of carbonyl (C=O) groups excluding carboxylic acids is 2. The fraction of sp³-hybridized carbons (Fsp3) is 0.393. The summed E-state index contributed by atoms with van der Waals surface area (Å²) in [4.78, 5) is 32.5. The number of benzene rings is 2. The van der Waals surface area contributed by atoms with Crippen molar-refractivity contribution < 1.29 is 37.3 Å². The second kappa shape index (κ2) is 14.6. The van der Waals surface area contributed by atoms with Crippen LogP contribution >= 0.6 is 11.3 Å². The van der Waals surface area contributed by atoms with Gasteiger partial charge in [0.2, 0.25) is 10.0 Å². The van der Waals surface area contributed by atoms with Gasteiger partial charge in [-0.1, -0.05) is 30.3 Å². The van der Waals surface area contributed by atoms with Gasteiger partial charge in [-0.15, -0.1) is 11.3 Å². The van der Waals surface area contributed by atoms with Crippen LogP contribution in [0.5, 0.6) is 5.75 Å². The highest BCUT2D eigenvalue weighted by molar-refractivity contribution is 7.89. The Hall–Kier alpha value is -3.23. The lowest BCUT2D eigenvalue weighted by Crippen LogP contribution is -2.36. The minimum Gasteiger partial charge on any atom is -0.497 e. The van der Waals surface area contributed by atoms with Crippen LogP contribution in [0, 0.1) is 12.7 Å². The summed E-state index contributed by atoms with van der Waals surface area (Å²) in [5, 5.41) is 20.3. The maximum absolute atomic E-state index is 14.1. The molecule has 0 aliphatic carbocycles. The van der Waals surface area contributed by atoms with E-state index in [4.69, 9.17) is 9.84 Å². The lowest BCUT2D eigenvalue weighted by molar-refractivity contribution is -0.141. The summed E-state index contributed by atoms with van der Waals surface area (Å²) in [6.07, 6.45) is -0.730. The number of ketones is 1. The molecule has 0 saturated carbocycles. The van der Waals surface area contributed by atoms with E-state index >= 15 is 0 Å². The summed E-state index contributed by atoms with van der Waals surface area (Å²) in [6.45, 7) is 1.24. The third kappa shape index (κ3) is 8.63. The number of methoxy groups -OCH3 is 1. The Labute approximate surface area is 243 Å². The highest BCUT2D eigenvalue weighted by Crippen LogP contribution is 2.24. The molecular formula is C28H34FN3O7S2. The number of likely N-dealkylation sites (N-methyl/N-ethyl adjacent to an activating group) is 1. The zero-order chi connectivity index (χ0) is 30.2. The number of halogens is 1. The second-order valence-corrected chi connectivity index (χ2v) is 12.7. The van der Waals surface area contributed by atoms with Gasteiger partial charge in [-0.3, -0.25) is 9.59 Å². The zero-order valence-electron chi connectivity index (χ0n) is 23.1. The van der Waals surface area contributed by atoms with Gasteiger partial charge in [0, 0.05) is 25.0 Å². The number of hydrogen-bond donors (Lipinski definition) is 2. The molecule has 0 saturated heterocycles. The van der Waals surface area contributed by atoms with Crippen molar-refractivity contribution >= 4 is 33.1 Å². The molecule has 1 atom stereocenters. The molecule has 0 radical (unpaired) electrons. The third-order valence-electron chi connectivity index (χ3n) is 6.44. The Kier molecular flexibility index (Phi) is 11.5. The SMILES string of the molecule is COc1ccc([C@@H](O)C(=O)N(CCCc2ccccc2F)Cc2nc(C(=O)CS(=O)(=O)N(C)CCO)c(C)s2)cc1. The standard InChI is InChI=1S/C28H34FN3O7S2/c1-19-26(24(34)18-41(37,38)31(2)15-16-33)30-25(40-19)17-32(14-6-8-20-7-4-5-9-23(20)29)28(36)27(35)21-10-12-22(39-3)13-11-21/h4-5,7,9-13,27,33,35H,6,8,14-18H2,1-3H3/t27-/m1/s1. The number of aliphatic hydroxyl groups excluding tert-OH is 2. The molecule has 2 N–H and O–H groups in total. The van der Waals surface area contributed by atoms with Crippen LogP contribution in [0.15, 0.2) is 48.5 Å². The van der Waals surface area contributed by atoms with E-state index < -0.39 is 33.6 Å². The molecule has 1 aromatic heterocycles. The van der Waals surface area contributed by atoms with Crippen LogP contribution < -0.4 is 4.74 Å². The minimum atomic E-state index is -3.95. The molecule has 3 rings (SSSR count). The average Bonchev–Trinajstić information content (AvgIpc) is 3.32. The molecule has 0 bridgehead atoms. The fourth-order valence-electron chi connectivity index (χ4n) is 4.10. The van der Waals surface area contributed by atoms with E-state index in [2.05, 4.69) is 4.98 Å². The molecule has 1 heterocycles. The number of rotatable bonds is 15. The largest absolute Gasteiger partial charge is 0.497 e. The fourth-order valence-corrected chi connectivity index (χ4v) is 6.11. The van der Waals surface area contributed by atoms with Gasteiger partial charge in [0.1, 0.15) is 28.0 Å². The first-order valence-corrected chi connectivity index (χ1v) is 15.3. The quantitative estimate of drug-likeness (QED) is 0.252. The van der Waals surface area contributed by atoms with Gasteiger partial charge in [0.25, 0.3) is 5.91 Å². The van der Waals surface area contributed by atoms with E-state index in [1.54, 1.807) is 49.4 Å². The molecule has 1 amide bonds. The van der Waals surface area contributed by atoms with Crippen molar-refractivity contribution in [2.24, 2.45) is 0 Å². The monoisotopic (exact) mass is 607 g/mol. The second-order valence-electron chi connectivity index (χ2n) is 9.37. The molecule has 0 spiro atoms. The van der Waals surface area contributed by atoms with Gasteiger partial charge in [-0.25, -0.2) is 22.1 Å². The van der Waals surface area contributed by atoms with Gasteiger partial charge in [-0.2, -0.15) is 0 Å². The van der Waals surface area contributed by atoms with Crippen LogP contribution in [0.3, 0.4) is 0 Å². The van der Waals surface area contributed by atoms with Crippen molar-refractivity contribution in [1.29, 1.82) is 0 Å². The number of Topliss-reactive ketones (excluding diaryl/α,β-unsaturated/α-hetero) is 1. The molecule has 0 unspecified atom stereocenters. The predicted molar refractivity (Wildman–Crippen MR) is 153 cm³/mol. The Balaban J connectivity index is 1.80. The Morgan fingerprint density at radius 3 is 2.44 bits per heavy atom. The number of aromatic nitrogens is 1. The number of carbonyl (C=O) groups is 2. The van der Waals surface area contributed by atoms with Gasteiger partial charge in [-0.05, 0) is 49.1 Å². The molecule has 0 fully saturated rings. The Morgan fingerprint density at radius 2 is 1.80 bits per heavy atom. The first kappa shape index (κ1) is 32.3. The Bertz CT molecular complexity index is 1450. The molecule has 10 nitrogen and oxygen atoms in total. The average molecular weight is 608 g/mol. The number of aliphatic hydroxyl groups is 2. The first-order valence-electron chi connectivity index (χ1n) is 12.9. The van der Waals surface area contributed by atoms with E-state index in [0.29, 0.717) is 39.6 Å². The predicted octanol–water partition coefficient (Wildman–Crippen LogP) is 2.73. The molecule has 13 heteroatoms. The number of hydrogen-bond acceptors (Lipinski definition) is 9. The van der Waals surface area contributed by atoms with E-state index in [1.807, 2.05) is 0 Å². The van der Waals surface area contributed by atoms with Crippen LogP contribution in [-0.4, -0.2) is 84.1 Å². The highest BCUT2D eigenvalue weighted by atomic mass is 32.2. The van der Waals surface area contributed by atoms with Crippen molar-refractivity contribution in [3.05, 3.63) is 81.1 Å². The van der Waals surface area contributed by atoms with Gasteiger partial charge < -0.3 is 19.8 Å². The van der Waals surface area contributed by atoms with Gasteiger partial charge in [0.15, 0.2) is 11.9 Å². The zero-order valence-corrected chi connectivity index (χ0v) is 24.8. The Morgan fingerprint density at radius 1 is 1.12 bits per heavy atom. The maximum Gasteiger partial charge on any atom is 0.256 e. The van der Waals surface area contributed by atoms with Crippen LogP contribution in [0.1, 0.15) is 44.0 Å². The molecule has 0 aliphatic rings.